The first-order valence-electron chi connectivity index (χ1n) is 8.75. The van der Waals surface area contributed by atoms with Crippen LogP contribution >= 0.6 is 0 Å². The van der Waals surface area contributed by atoms with Crippen molar-refractivity contribution in [2.24, 2.45) is 11.8 Å². The highest BCUT2D eigenvalue weighted by atomic mass is 16.5. The molecule has 2 fully saturated rings. The number of imide groups is 1. The third-order valence-corrected chi connectivity index (χ3v) is 4.98. The van der Waals surface area contributed by atoms with E-state index < -0.39 is 11.9 Å². The van der Waals surface area contributed by atoms with Crippen LogP contribution in [0.2, 0.25) is 0 Å². The lowest BCUT2D eigenvalue weighted by Crippen LogP contribution is -2.33. The minimum absolute atomic E-state index is 0.0454. The fourth-order valence-corrected chi connectivity index (χ4v) is 3.61. The maximum absolute atomic E-state index is 12.4. The molecule has 0 N–H and O–H groups in total. The summed E-state index contributed by atoms with van der Waals surface area (Å²) in [6.45, 7) is 0.0454. The predicted octanol–water partition coefficient (Wildman–Crippen LogP) is 1.94. The molecule has 0 spiro atoms. The van der Waals surface area contributed by atoms with Crippen molar-refractivity contribution < 1.29 is 28.7 Å². The number of amides is 2. The van der Waals surface area contributed by atoms with Gasteiger partial charge in [-0.15, -0.1) is 0 Å². The minimum atomic E-state index is -0.536. The third-order valence-electron chi connectivity index (χ3n) is 4.98. The monoisotopic (exact) mass is 359 g/mol. The second-order valence-electron chi connectivity index (χ2n) is 6.57. The predicted molar refractivity (Wildman–Crippen MR) is 90.2 cm³/mol. The molecule has 7 nitrogen and oxygen atoms in total. The van der Waals surface area contributed by atoms with Gasteiger partial charge in [-0.1, -0.05) is 12.8 Å². The quantitative estimate of drug-likeness (QED) is 0.453. The second-order valence-corrected chi connectivity index (χ2v) is 6.57. The Morgan fingerprint density at radius 1 is 1.04 bits per heavy atom. The fraction of sp³-hybridized carbons (Fsp3) is 0.474. The SMILES string of the molecule is COC(=O)c1ccc(OC(=O)CCN2C(=O)[C@@H]3CCCC[C@H]3C2=O)cc1. The van der Waals surface area contributed by atoms with Crippen LogP contribution in [-0.2, 0) is 19.1 Å². The first kappa shape index (κ1) is 18.1. The van der Waals surface area contributed by atoms with Gasteiger partial charge in [-0.2, -0.15) is 0 Å². The summed E-state index contributed by atoms with van der Waals surface area (Å²) in [5, 5.41) is 0. The van der Waals surface area contributed by atoms with Crippen molar-refractivity contribution in [3.8, 4) is 5.75 Å². The molecule has 1 saturated carbocycles. The summed E-state index contributed by atoms with van der Waals surface area (Å²) >= 11 is 0. The van der Waals surface area contributed by atoms with E-state index in [2.05, 4.69) is 4.74 Å². The smallest absolute Gasteiger partial charge is 0.337 e. The van der Waals surface area contributed by atoms with Crippen molar-refractivity contribution in [2.45, 2.75) is 32.1 Å². The molecule has 0 aromatic heterocycles. The van der Waals surface area contributed by atoms with E-state index in [4.69, 9.17) is 4.74 Å². The van der Waals surface area contributed by atoms with Crippen LogP contribution in [0.1, 0.15) is 42.5 Å². The molecular formula is C19H21NO6. The summed E-state index contributed by atoms with van der Waals surface area (Å²) in [4.78, 5) is 49.3. The number of esters is 2. The van der Waals surface area contributed by atoms with Gasteiger partial charge in [-0.25, -0.2) is 4.79 Å². The van der Waals surface area contributed by atoms with E-state index >= 15 is 0 Å². The Balaban J connectivity index is 1.53. The first-order chi connectivity index (χ1) is 12.5. The normalized spacial score (nSPS) is 22.1. The van der Waals surface area contributed by atoms with Gasteiger partial charge in [0.15, 0.2) is 0 Å². The molecule has 1 heterocycles. The van der Waals surface area contributed by atoms with E-state index in [0.717, 1.165) is 25.7 Å². The molecule has 2 amide bonds. The minimum Gasteiger partial charge on any atom is -0.465 e. The number of benzene rings is 1. The van der Waals surface area contributed by atoms with Crippen LogP contribution in [0.3, 0.4) is 0 Å². The topological polar surface area (TPSA) is 90.0 Å². The summed E-state index contributed by atoms with van der Waals surface area (Å²) in [5.74, 6) is -1.46. The Hall–Kier alpha value is -2.70. The molecule has 3 rings (SSSR count). The fourth-order valence-electron chi connectivity index (χ4n) is 3.61. The Labute approximate surface area is 151 Å². The Morgan fingerprint density at radius 2 is 1.62 bits per heavy atom. The Kier molecular flexibility index (Phi) is 5.35. The highest BCUT2D eigenvalue weighted by Crippen LogP contribution is 2.37. The van der Waals surface area contributed by atoms with Crippen molar-refractivity contribution in [2.75, 3.05) is 13.7 Å². The highest BCUT2D eigenvalue weighted by molar-refractivity contribution is 6.05. The van der Waals surface area contributed by atoms with Gasteiger partial charge in [0.25, 0.3) is 0 Å². The molecule has 0 bridgehead atoms. The maximum atomic E-state index is 12.4. The number of methoxy groups -OCH3 is 1. The molecule has 26 heavy (non-hydrogen) atoms. The van der Waals surface area contributed by atoms with Crippen LogP contribution in [0.4, 0.5) is 0 Å². The number of hydrogen-bond donors (Lipinski definition) is 0. The van der Waals surface area contributed by atoms with Gasteiger partial charge >= 0.3 is 11.9 Å². The molecule has 1 aromatic rings. The molecule has 1 aliphatic heterocycles. The van der Waals surface area contributed by atoms with Crippen molar-refractivity contribution in [3.63, 3.8) is 0 Å². The van der Waals surface area contributed by atoms with Crippen LogP contribution in [0.15, 0.2) is 24.3 Å². The number of ether oxygens (including phenoxy) is 2. The van der Waals surface area contributed by atoms with Crippen LogP contribution in [0.25, 0.3) is 0 Å². The van der Waals surface area contributed by atoms with Crippen molar-refractivity contribution >= 4 is 23.8 Å². The number of likely N-dealkylation sites (tertiary alicyclic amines) is 1. The maximum Gasteiger partial charge on any atom is 0.337 e. The molecule has 138 valence electrons. The van der Waals surface area contributed by atoms with Gasteiger partial charge in [-0.3, -0.25) is 19.3 Å². The first-order valence-corrected chi connectivity index (χ1v) is 8.75. The molecule has 0 unspecified atom stereocenters. The van der Waals surface area contributed by atoms with Gasteiger partial charge in [0.1, 0.15) is 5.75 Å². The number of nitrogens with zero attached hydrogens (tertiary/aromatic N) is 1. The van der Waals surface area contributed by atoms with Crippen molar-refractivity contribution in [3.05, 3.63) is 29.8 Å². The summed E-state index contributed by atoms with van der Waals surface area (Å²) in [5.41, 5.74) is 0.350. The Morgan fingerprint density at radius 3 is 2.15 bits per heavy atom. The Bertz CT molecular complexity index is 702. The lowest BCUT2D eigenvalue weighted by Gasteiger charge is -2.19. The molecule has 7 heteroatoms. The number of carbonyl (C=O) groups excluding carboxylic acids is 4. The van der Waals surface area contributed by atoms with Gasteiger partial charge in [-0.05, 0) is 37.1 Å². The van der Waals surface area contributed by atoms with Gasteiger partial charge in [0.05, 0.1) is 30.9 Å². The van der Waals surface area contributed by atoms with Crippen molar-refractivity contribution in [1.82, 2.24) is 4.90 Å². The van der Waals surface area contributed by atoms with E-state index in [1.165, 1.54) is 36.3 Å². The second kappa shape index (κ2) is 7.68. The molecule has 0 radical (unpaired) electrons. The average molecular weight is 359 g/mol. The van der Waals surface area contributed by atoms with Crippen LogP contribution in [-0.4, -0.2) is 42.3 Å². The average Bonchev–Trinajstić information content (AvgIpc) is 2.91. The molecule has 2 atom stereocenters. The lowest BCUT2D eigenvalue weighted by molar-refractivity contribution is -0.141. The van der Waals surface area contributed by atoms with Gasteiger partial charge in [0.2, 0.25) is 11.8 Å². The summed E-state index contributed by atoms with van der Waals surface area (Å²) in [7, 11) is 1.29. The molecule has 1 saturated heterocycles. The van der Waals surface area contributed by atoms with E-state index in [1.807, 2.05) is 0 Å². The molecule has 1 aliphatic carbocycles. The lowest BCUT2D eigenvalue weighted by atomic mass is 9.81. The number of fused-ring (bicyclic) bond motifs is 1. The zero-order chi connectivity index (χ0) is 18.7. The van der Waals surface area contributed by atoms with E-state index in [-0.39, 0.29) is 42.4 Å². The van der Waals surface area contributed by atoms with E-state index in [0.29, 0.717) is 5.56 Å². The molecule has 1 aromatic carbocycles. The number of hydrogen-bond acceptors (Lipinski definition) is 6. The highest BCUT2D eigenvalue weighted by Gasteiger charge is 2.47. The van der Waals surface area contributed by atoms with Crippen molar-refractivity contribution in [1.29, 1.82) is 0 Å². The summed E-state index contributed by atoms with van der Waals surface area (Å²) < 4.78 is 9.79. The van der Waals surface area contributed by atoms with E-state index in [9.17, 15) is 19.2 Å². The largest absolute Gasteiger partial charge is 0.465 e. The van der Waals surface area contributed by atoms with E-state index in [1.54, 1.807) is 0 Å². The van der Waals surface area contributed by atoms with Crippen LogP contribution in [0, 0.1) is 11.8 Å². The zero-order valence-corrected chi connectivity index (χ0v) is 14.6. The van der Waals surface area contributed by atoms with Crippen LogP contribution in [0.5, 0.6) is 5.75 Å². The van der Waals surface area contributed by atoms with Gasteiger partial charge in [0, 0.05) is 6.54 Å². The van der Waals surface area contributed by atoms with Gasteiger partial charge < -0.3 is 9.47 Å². The number of carbonyl (C=O) groups is 4. The molecular weight excluding hydrogens is 338 g/mol. The molecule has 2 aliphatic rings. The summed E-state index contributed by atoms with van der Waals surface area (Å²) in [6, 6.07) is 5.97. The zero-order valence-electron chi connectivity index (χ0n) is 14.6. The standard InChI is InChI=1S/C19H21NO6/c1-25-19(24)12-6-8-13(9-7-12)26-16(21)10-11-20-17(22)14-4-2-3-5-15(14)18(20)23/h6-9,14-15H,2-5,10-11H2,1H3/t14-,15-/m1/s1. The summed E-state index contributed by atoms with van der Waals surface area (Å²) in [6.07, 6.45) is 3.39. The number of rotatable bonds is 5. The third kappa shape index (κ3) is 3.61. The van der Waals surface area contributed by atoms with Crippen LogP contribution < -0.4 is 4.74 Å².